The van der Waals surface area contributed by atoms with Gasteiger partial charge in [-0.1, -0.05) is 20.8 Å². The zero-order chi connectivity index (χ0) is 14.0. The molecule has 0 aliphatic rings. The van der Waals surface area contributed by atoms with Crippen molar-refractivity contribution in [1.29, 1.82) is 0 Å². The summed E-state index contributed by atoms with van der Waals surface area (Å²) in [5.74, 6) is 0.387. The van der Waals surface area contributed by atoms with Gasteiger partial charge in [0.1, 0.15) is 0 Å². The van der Waals surface area contributed by atoms with E-state index < -0.39 is 0 Å². The van der Waals surface area contributed by atoms with E-state index in [1.165, 1.54) is 6.26 Å². The van der Waals surface area contributed by atoms with E-state index in [4.69, 9.17) is 4.42 Å². The first-order valence-electron chi connectivity index (χ1n) is 6.70. The Morgan fingerprint density at radius 3 is 2.33 bits per heavy atom. The van der Waals surface area contributed by atoms with E-state index in [2.05, 4.69) is 11.8 Å². The van der Waals surface area contributed by atoms with E-state index in [0.29, 0.717) is 12.3 Å². The van der Waals surface area contributed by atoms with Gasteiger partial charge in [-0.25, -0.2) is 0 Å². The SMILES string of the molecule is CC.CCN(C)CCN(CC)C(=O)c1ccco1. The van der Waals surface area contributed by atoms with Crippen molar-refractivity contribution in [3.05, 3.63) is 24.2 Å². The lowest BCUT2D eigenvalue weighted by molar-refractivity contribution is 0.0719. The fourth-order valence-electron chi connectivity index (χ4n) is 1.41. The Balaban J connectivity index is 0.00000137. The molecule has 1 aromatic heterocycles. The summed E-state index contributed by atoms with van der Waals surface area (Å²) in [6.45, 7) is 11.4. The van der Waals surface area contributed by atoms with Crippen LogP contribution in [0, 0.1) is 0 Å². The second-order valence-electron chi connectivity index (χ2n) is 3.76. The third-order valence-electron chi connectivity index (χ3n) is 2.69. The van der Waals surface area contributed by atoms with Crippen LogP contribution in [0.3, 0.4) is 0 Å². The summed E-state index contributed by atoms with van der Waals surface area (Å²) in [7, 11) is 2.05. The first-order chi connectivity index (χ1) is 8.69. The lowest BCUT2D eigenvalue weighted by atomic mass is 10.3. The van der Waals surface area contributed by atoms with Crippen molar-refractivity contribution in [2.45, 2.75) is 27.7 Å². The lowest BCUT2D eigenvalue weighted by Gasteiger charge is -2.22. The average molecular weight is 254 g/mol. The molecule has 0 radical (unpaired) electrons. The van der Waals surface area contributed by atoms with Crippen molar-refractivity contribution in [3.63, 3.8) is 0 Å². The zero-order valence-corrected chi connectivity index (χ0v) is 12.3. The zero-order valence-electron chi connectivity index (χ0n) is 12.3. The van der Waals surface area contributed by atoms with Crippen molar-refractivity contribution >= 4 is 5.91 Å². The highest BCUT2D eigenvalue weighted by molar-refractivity contribution is 5.91. The molecule has 0 saturated heterocycles. The highest BCUT2D eigenvalue weighted by Crippen LogP contribution is 2.05. The van der Waals surface area contributed by atoms with Gasteiger partial charge in [0.15, 0.2) is 5.76 Å². The molecule has 1 aromatic rings. The van der Waals surface area contributed by atoms with E-state index in [0.717, 1.165) is 19.6 Å². The molecular weight excluding hydrogens is 228 g/mol. The third-order valence-corrected chi connectivity index (χ3v) is 2.69. The molecule has 104 valence electrons. The molecule has 0 atom stereocenters. The number of hydrogen-bond donors (Lipinski definition) is 0. The molecule has 0 aliphatic carbocycles. The maximum Gasteiger partial charge on any atom is 0.289 e. The number of furan rings is 1. The van der Waals surface area contributed by atoms with Crippen LogP contribution >= 0.6 is 0 Å². The second kappa shape index (κ2) is 9.71. The van der Waals surface area contributed by atoms with Crippen LogP contribution in [0.25, 0.3) is 0 Å². The molecule has 0 unspecified atom stereocenters. The molecule has 4 nitrogen and oxygen atoms in total. The minimum Gasteiger partial charge on any atom is -0.459 e. The van der Waals surface area contributed by atoms with Gasteiger partial charge in [0.25, 0.3) is 5.91 Å². The molecule has 0 aromatic carbocycles. The predicted molar refractivity (Wildman–Crippen MR) is 74.8 cm³/mol. The molecule has 0 bridgehead atoms. The molecule has 0 aliphatic heterocycles. The van der Waals surface area contributed by atoms with Crippen LogP contribution in [0.4, 0.5) is 0 Å². The maximum absolute atomic E-state index is 12.0. The van der Waals surface area contributed by atoms with Crippen LogP contribution < -0.4 is 0 Å². The van der Waals surface area contributed by atoms with Gasteiger partial charge >= 0.3 is 0 Å². The molecule has 1 rings (SSSR count). The number of hydrogen-bond acceptors (Lipinski definition) is 3. The van der Waals surface area contributed by atoms with Crippen LogP contribution in [0.2, 0.25) is 0 Å². The molecule has 18 heavy (non-hydrogen) atoms. The van der Waals surface area contributed by atoms with E-state index >= 15 is 0 Å². The van der Waals surface area contributed by atoms with Gasteiger partial charge in [-0.2, -0.15) is 0 Å². The number of carbonyl (C=O) groups excluding carboxylic acids is 1. The monoisotopic (exact) mass is 254 g/mol. The van der Waals surface area contributed by atoms with Crippen molar-refractivity contribution in [1.82, 2.24) is 9.80 Å². The van der Waals surface area contributed by atoms with E-state index in [-0.39, 0.29) is 5.91 Å². The van der Waals surface area contributed by atoms with E-state index in [1.807, 2.05) is 27.8 Å². The largest absolute Gasteiger partial charge is 0.459 e. The standard InChI is InChI=1S/C12H20N2O2.C2H6/c1-4-13(3)8-9-14(5-2)12(15)11-7-6-10-16-11;1-2/h6-7,10H,4-5,8-9H2,1-3H3;1-2H3. The molecule has 0 fully saturated rings. The summed E-state index contributed by atoms with van der Waals surface area (Å²) in [6, 6.07) is 3.44. The minimum atomic E-state index is -0.0306. The van der Waals surface area contributed by atoms with Gasteiger partial charge in [0.05, 0.1) is 6.26 Å². The lowest BCUT2D eigenvalue weighted by Crippen LogP contribution is -2.37. The summed E-state index contributed by atoms with van der Waals surface area (Å²) >= 11 is 0. The molecule has 4 heteroatoms. The fourth-order valence-corrected chi connectivity index (χ4v) is 1.41. The Morgan fingerprint density at radius 2 is 1.89 bits per heavy atom. The van der Waals surface area contributed by atoms with Crippen molar-refractivity contribution in [2.24, 2.45) is 0 Å². The summed E-state index contributed by atoms with van der Waals surface area (Å²) in [5.41, 5.74) is 0. The van der Waals surface area contributed by atoms with Crippen LogP contribution in [-0.4, -0.2) is 48.9 Å². The van der Waals surface area contributed by atoms with E-state index in [9.17, 15) is 4.79 Å². The Bertz CT molecular complexity index is 310. The maximum atomic E-state index is 12.0. The quantitative estimate of drug-likeness (QED) is 0.783. The van der Waals surface area contributed by atoms with Gasteiger partial charge in [0, 0.05) is 19.6 Å². The second-order valence-corrected chi connectivity index (χ2v) is 3.76. The molecule has 1 amide bonds. The Labute approximate surface area is 111 Å². The van der Waals surface area contributed by atoms with Crippen molar-refractivity contribution < 1.29 is 9.21 Å². The highest BCUT2D eigenvalue weighted by Gasteiger charge is 2.16. The summed E-state index contributed by atoms with van der Waals surface area (Å²) in [5, 5.41) is 0. The van der Waals surface area contributed by atoms with Crippen LogP contribution in [-0.2, 0) is 0 Å². The highest BCUT2D eigenvalue weighted by atomic mass is 16.3. The molecule has 0 N–H and O–H groups in total. The van der Waals surface area contributed by atoms with Gasteiger partial charge in [-0.15, -0.1) is 0 Å². The van der Waals surface area contributed by atoms with Crippen LogP contribution in [0.1, 0.15) is 38.2 Å². The fraction of sp³-hybridized carbons (Fsp3) is 0.643. The Kier molecular flexibility index (Phi) is 9.01. The first kappa shape index (κ1) is 16.7. The van der Waals surface area contributed by atoms with Crippen LogP contribution in [0.15, 0.2) is 22.8 Å². The molecule has 0 saturated carbocycles. The number of amides is 1. The summed E-state index contributed by atoms with van der Waals surface area (Å²) in [4.78, 5) is 15.9. The van der Waals surface area contributed by atoms with Gasteiger partial charge in [-0.3, -0.25) is 4.79 Å². The van der Waals surface area contributed by atoms with Crippen molar-refractivity contribution in [2.75, 3.05) is 33.2 Å². The Morgan fingerprint density at radius 1 is 1.22 bits per heavy atom. The smallest absolute Gasteiger partial charge is 0.289 e. The van der Waals surface area contributed by atoms with E-state index in [1.54, 1.807) is 17.0 Å². The van der Waals surface area contributed by atoms with Gasteiger partial charge < -0.3 is 14.2 Å². The minimum absolute atomic E-state index is 0.0306. The summed E-state index contributed by atoms with van der Waals surface area (Å²) in [6.07, 6.45) is 1.53. The average Bonchev–Trinajstić information content (AvgIpc) is 2.95. The topological polar surface area (TPSA) is 36.7 Å². The summed E-state index contributed by atoms with van der Waals surface area (Å²) < 4.78 is 5.11. The van der Waals surface area contributed by atoms with Gasteiger partial charge in [0.2, 0.25) is 0 Å². The molecule has 0 spiro atoms. The first-order valence-corrected chi connectivity index (χ1v) is 6.70. The third kappa shape index (κ3) is 5.36. The number of likely N-dealkylation sites (N-methyl/N-ethyl adjacent to an activating group) is 2. The Hall–Kier alpha value is -1.29. The predicted octanol–water partition coefficient (Wildman–Crippen LogP) is 2.72. The number of nitrogens with zero attached hydrogens (tertiary/aromatic N) is 2. The van der Waals surface area contributed by atoms with Crippen molar-refractivity contribution in [3.8, 4) is 0 Å². The van der Waals surface area contributed by atoms with Gasteiger partial charge in [-0.05, 0) is 32.6 Å². The molecule has 1 heterocycles. The molecular formula is C14H26N2O2. The van der Waals surface area contributed by atoms with Crippen LogP contribution in [0.5, 0.6) is 0 Å². The number of carbonyl (C=O) groups is 1. The normalized spacial score (nSPS) is 9.89. The number of rotatable bonds is 6.